The number of nitrogens with zero attached hydrogens (tertiary/aromatic N) is 4. The van der Waals surface area contributed by atoms with Gasteiger partial charge < -0.3 is 19.8 Å². The molecule has 0 spiro atoms. The summed E-state index contributed by atoms with van der Waals surface area (Å²) in [6.45, 7) is 5.79. The van der Waals surface area contributed by atoms with Crippen LogP contribution in [0.15, 0.2) is 28.5 Å². The van der Waals surface area contributed by atoms with Gasteiger partial charge >= 0.3 is 0 Å². The van der Waals surface area contributed by atoms with Crippen LogP contribution in [0, 0.1) is 9.49 Å². The molecule has 0 aliphatic carbocycles. The lowest BCUT2D eigenvalue weighted by molar-refractivity contribution is 0.171. The van der Waals surface area contributed by atoms with Crippen molar-refractivity contribution in [2.75, 3.05) is 31.2 Å². The SMILES string of the molecule is CC(C)CNS(=O)(=O)CCCn1c(Sc2cc3c(cc2I)OCCO3)nc2c(N)ncnc21. The van der Waals surface area contributed by atoms with Gasteiger partial charge in [0, 0.05) is 21.6 Å². The number of rotatable bonds is 9. The average molecular weight is 604 g/mol. The van der Waals surface area contributed by atoms with Crippen LogP contribution in [0.25, 0.3) is 11.2 Å². The second-order valence-corrected chi connectivity index (χ2v) is 12.0. The van der Waals surface area contributed by atoms with E-state index in [0.29, 0.717) is 54.8 Å². The van der Waals surface area contributed by atoms with E-state index in [4.69, 9.17) is 15.2 Å². The molecule has 0 saturated carbocycles. The molecule has 3 N–H and O–H groups in total. The molecule has 0 amide bonds. The largest absolute Gasteiger partial charge is 0.486 e. The van der Waals surface area contributed by atoms with Crippen molar-refractivity contribution in [2.45, 2.75) is 36.9 Å². The van der Waals surface area contributed by atoms with Crippen molar-refractivity contribution in [3.63, 3.8) is 0 Å². The first-order valence-electron chi connectivity index (χ1n) is 10.4. The third-order valence-electron chi connectivity index (χ3n) is 4.83. The van der Waals surface area contributed by atoms with Crippen LogP contribution >= 0.6 is 34.4 Å². The van der Waals surface area contributed by atoms with Crippen LogP contribution in [0.4, 0.5) is 5.82 Å². The summed E-state index contributed by atoms with van der Waals surface area (Å²) in [6, 6.07) is 3.87. The molecule has 13 heteroatoms. The third kappa shape index (κ3) is 5.81. The van der Waals surface area contributed by atoms with Crippen LogP contribution in [0.1, 0.15) is 20.3 Å². The lowest BCUT2D eigenvalue weighted by Gasteiger charge is -2.19. The Morgan fingerprint density at radius 2 is 1.97 bits per heavy atom. The van der Waals surface area contributed by atoms with Crippen LogP contribution in [0.3, 0.4) is 0 Å². The zero-order valence-corrected chi connectivity index (χ0v) is 22.0. The quantitative estimate of drug-likeness (QED) is 0.354. The minimum Gasteiger partial charge on any atom is -0.486 e. The molecular formula is C20H25IN6O4S2. The zero-order chi connectivity index (χ0) is 23.6. The fourth-order valence-electron chi connectivity index (χ4n) is 3.21. The molecule has 4 rings (SSSR count). The van der Waals surface area contributed by atoms with Gasteiger partial charge in [0.1, 0.15) is 19.5 Å². The van der Waals surface area contributed by atoms with Gasteiger partial charge in [-0.3, -0.25) is 0 Å². The summed E-state index contributed by atoms with van der Waals surface area (Å²) >= 11 is 3.69. The maximum Gasteiger partial charge on any atom is 0.211 e. The van der Waals surface area contributed by atoms with E-state index in [9.17, 15) is 8.42 Å². The molecule has 0 unspecified atom stereocenters. The predicted octanol–water partition coefficient (Wildman–Crippen LogP) is 2.90. The molecule has 1 aromatic carbocycles. The highest BCUT2D eigenvalue weighted by Crippen LogP contribution is 2.40. The molecule has 0 fully saturated rings. The molecule has 3 aromatic rings. The number of nitrogen functional groups attached to an aromatic ring is 1. The maximum absolute atomic E-state index is 12.3. The number of sulfonamides is 1. The van der Waals surface area contributed by atoms with Gasteiger partial charge in [-0.25, -0.2) is 28.1 Å². The second-order valence-electron chi connectivity index (χ2n) is 7.92. The first-order valence-corrected chi connectivity index (χ1v) is 14.0. The number of fused-ring (bicyclic) bond motifs is 2. The first-order chi connectivity index (χ1) is 15.7. The number of hydrogen-bond acceptors (Lipinski definition) is 9. The van der Waals surface area contributed by atoms with E-state index in [1.807, 2.05) is 30.5 Å². The third-order valence-corrected chi connectivity index (χ3v) is 8.57. The van der Waals surface area contributed by atoms with Gasteiger partial charge in [-0.2, -0.15) is 0 Å². The number of imidazole rings is 1. The van der Waals surface area contributed by atoms with E-state index >= 15 is 0 Å². The number of nitrogens with one attached hydrogen (secondary N) is 1. The minimum atomic E-state index is -3.36. The van der Waals surface area contributed by atoms with Gasteiger partial charge in [0.2, 0.25) is 10.0 Å². The lowest BCUT2D eigenvalue weighted by Crippen LogP contribution is -2.30. The standard InChI is InChI=1S/C20H25IN6O4S2/c1-12(2)10-25-33(28,29)7-3-4-27-19-17(18(22)23-11-24-19)26-20(27)32-16-9-15-14(8-13(16)21)30-5-6-31-15/h8-9,11-12,25H,3-7,10H2,1-2H3,(H2,22,23,24). The van der Waals surface area contributed by atoms with E-state index in [0.717, 1.165) is 14.2 Å². The minimum absolute atomic E-state index is 0.00558. The van der Waals surface area contributed by atoms with E-state index < -0.39 is 10.0 Å². The summed E-state index contributed by atoms with van der Waals surface area (Å²) in [7, 11) is -3.36. The summed E-state index contributed by atoms with van der Waals surface area (Å²) in [5.74, 6) is 1.94. The van der Waals surface area contributed by atoms with Crippen molar-refractivity contribution >= 4 is 61.4 Å². The second kappa shape index (κ2) is 10.2. The molecule has 0 atom stereocenters. The molecule has 2 aromatic heterocycles. The van der Waals surface area contributed by atoms with Gasteiger partial charge in [-0.1, -0.05) is 25.6 Å². The summed E-state index contributed by atoms with van der Waals surface area (Å²) in [5, 5.41) is 0.652. The van der Waals surface area contributed by atoms with E-state index in [1.165, 1.54) is 18.1 Å². The number of hydrogen-bond donors (Lipinski definition) is 2. The highest BCUT2D eigenvalue weighted by molar-refractivity contribution is 14.1. The highest BCUT2D eigenvalue weighted by Gasteiger charge is 2.21. The van der Waals surface area contributed by atoms with E-state index in [1.54, 1.807) is 0 Å². The van der Waals surface area contributed by atoms with Crippen LogP contribution < -0.4 is 19.9 Å². The van der Waals surface area contributed by atoms with Gasteiger partial charge in [0.05, 0.1) is 5.75 Å². The molecule has 1 aliphatic rings. The van der Waals surface area contributed by atoms with Gasteiger partial charge in [-0.15, -0.1) is 0 Å². The highest BCUT2D eigenvalue weighted by atomic mass is 127. The number of benzene rings is 1. The summed E-state index contributed by atoms with van der Waals surface area (Å²) in [6.07, 6.45) is 1.79. The van der Waals surface area contributed by atoms with Crippen LogP contribution in [0.5, 0.6) is 11.5 Å². The average Bonchev–Trinajstić information content (AvgIpc) is 3.11. The number of anilines is 1. The Morgan fingerprint density at radius 3 is 2.70 bits per heavy atom. The summed E-state index contributed by atoms with van der Waals surface area (Å²) in [4.78, 5) is 14.0. The zero-order valence-electron chi connectivity index (χ0n) is 18.2. The van der Waals surface area contributed by atoms with E-state index in [-0.39, 0.29) is 17.5 Å². The Balaban J connectivity index is 1.60. The van der Waals surface area contributed by atoms with Crippen LogP contribution in [-0.2, 0) is 16.6 Å². The summed E-state index contributed by atoms with van der Waals surface area (Å²) < 4.78 is 41.6. The molecule has 33 heavy (non-hydrogen) atoms. The number of halogens is 1. The van der Waals surface area contributed by atoms with Crippen molar-refractivity contribution in [3.05, 3.63) is 22.0 Å². The Hall–Kier alpha value is -1.84. The van der Waals surface area contributed by atoms with Crippen molar-refractivity contribution in [1.82, 2.24) is 24.2 Å². The summed E-state index contributed by atoms with van der Waals surface area (Å²) in [5.41, 5.74) is 7.11. The molecule has 10 nitrogen and oxygen atoms in total. The van der Waals surface area contributed by atoms with Crippen LogP contribution in [0.2, 0.25) is 0 Å². The number of ether oxygens (including phenoxy) is 2. The molecule has 3 heterocycles. The van der Waals surface area contributed by atoms with Crippen molar-refractivity contribution < 1.29 is 17.9 Å². The van der Waals surface area contributed by atoms with E-state index in [2.05, 4.69) is 42.3 Å². The Kier molecular flexibility index (Phi) is 7.50. The normalized spacial score (nSPS) is 13.7. The van der Waals surface area contributed by atoms with Crippen molar-refractivity contribution in [1.29, 1.82) is 0 Å². The van der Waals surface area contributed by atoms with Gasteiger partial charge in [0.15, 0.2) is 33.6 Å². The first kappa shape index (κ1) is 24.3. The smallest absolute Gasteiger partial charge is 0.211 e. The molecule has 1 aliphatic heterocycles. The molecule has 0 bridgehead atoms. The molecule has 0 radical (unpaired) electrons. The molecule has 178 valence electrons. The number of nitrogens with two attached hydrogens (primary N) is 1. The molecule has 0 saturated heterocycles. The van der Waals surface area contributed by atoms with Gasteiger partial charge in [-0.05, 0) is 47.1 Å². The van der Waals surface area contributed by atoms with Crippen molar-refractivity contribution in [2.24, 2.45) is 5.92 Å². The fraction of sp³-hybridized carbons (Fsp3) is 0.450. The fourth-order valence-corrected chi connectivity index (χ4v) is 6.17. The predicted molar refractivity (Wildman–Crippen MR) is 135 cm³/mol. The Labute approximate surface area is 210 Å². The Bertz CT molecular complexity index is 1270. The lowest BCUT2D eigenvalue weighted by atomic mass is 10.2. The number of aryl methyl sites for hydroxylation is 1. The van der Waals surface area contributed by atoms with Gasteiger partial charge in [0.25, 0.3) is 0 Å². The Morgan fingerprint density at radius 1 is 1.24 bits per heavy atom. The number of aromatic nitrogens is 4. The monoisotopic (exact) mass is 604 g/mol. The maximum atomic E-state index is 12.3. The van der Waals surface area contributed by atoms with Crippen molar-refractivity contribution in [3.8, 4) is 11.5 Å². The topological polar surface area (TPSA) is 134 Å². The van der Waals surface area contributed by atoms with Crippen LogP contribution in [-0.4, -0.2) is 53.4 Å². The molecular weight excluding hydrogens is 579 g/mol.